The second-order valence-electron chi connectivity index (χ2n) is 8.55. The fourth-order valence-corrected chi connectivity index (χ4v) is 6.84. The maximum absolute atomic E-state index is 12.6. The van der Waals surface area contributed by atoms with Crippen LogP contribution in [0.1, 0.15) is 32.7 Å². The maximum Gasteiger partial charge on any atom is 0.407 e. The lowest BCUT2D eigenvalue weighted by molar-refractivity contribution is -0.139. The topological polar surface area (TPSA) is 111 Å². The number of benzene rings is 3. The Morgan fingerprint density at radius 2 is 1.49 bits per heavy atom. The van der Waals surface area contributed by atoms with E-state index in [2.05, 4.69) is 21.2 Å². The molecule has 0 saturated heterocycles. The summed E-state index contributed by atoms with van der Waals surface area (Å²) in [7, 11) is -0.770. The molecule has 0 aliphatic heterocycles. The van der Waals surface area contributed by atoms with E-state index in [-0.39, 0.29) is 18.9 Å². The first-order valence-electron chi connectivity index (χ1n) is 11.6. The van der Waals surface area contributed by atoms with Gasteiger partial charge >= 0.3 is 19.7 Å². The van der Waals surface area contributed by atoms with Crippen molar-refractivity contribution < 1.29 is 33.0 Å². The molecule has 0 heterocycles. The van der Waals surface area contributed by atoms with Gasteiger partial charge < -0.3 is 24.2 Å². The van der Waals surface area contributed by atoms with Crippen LogP contribution in [0, 0.1) is 0 Å². The van der Waals surface area contributed by atoms with Gasteiger partial charge in [0.2, 0.25) is 0 Å². The molecule has 3 aromatic carbocycles. The molecule has 194 valence electrons. The van der Waals surface area contributed by atoms with E-state index in [4.69, 9.17) is 13.8 Å². The highest BCUT2D eigenvalue weighted by Crippen LogP contribution is 2.62. The highest BCUT2D eigenvalue weighted by Gasteiger charge is 2.33. The van der Waals surface area contributed by atoms with Gasteiger partial charge in [-0.25, -0.2) is 9.59 Å². The number of halogens is 1. The predicted molar refractivity (Wildman–Crippen MR) is 143 cm³/mol. The Morgan fingerprint density at radius 1 is 0.946 bits per heavy atom. The van der Waals surface area contributed by atoms with Crippen molar-refractivity contribution >= 4 is 35.6 Å². The molecule has 1 aliphatic rings. The van der Waals surface area contributed by atoms with E-state index in [0.717, 1.165) is 22.3 Å². The van der Waals surface area contributed by atoms with Gasteiger partial charge in [0.1, 0.15) is 17.2 Å². The Bertz CT molecular complexity index is 1280. The number of carboxylic acids is 1. The number of hydrogen-bond donors (Lipinski definition) is 2. The quantitative estimate of drug-likeness (QED) is 0.218. The number of amides is 1. The molecule has 0 bridgehead atoms. The Morgan fingerprint density at radius 3 is 2.00 bits per heavy atom. The number of carbonyl (C=O) groups is 2. The van der Waals surface area contributed by atoms with E-state index in [0.29, 0.717) is 11.1 Å². The molecule has 0 fully saturated rings. The van der Waals surface area contributed by atoms with Crippen LogP contribution in [0.25, 0.3) is 11.1 Å². The number of hydrogen-bond acceptors (Lipinski definition) is 6. The van der Waals surface area contributed by atoms with Gasteiger partial charge in [0.25, 0.3) is 0 Å². The molecule has 10 heteroatoms. The highest BCUT2D eigenvalue weighted by molar-refractivity contribution is 9.10. The number of carboxylic acid groups (broad SMARTS) is 1. The zero-order valence-electron chi connectivity index (χ0n) is 20.3. The first-order valence-corrected chi connectivity index (χ1v) is 14.1. The molecule has 8 nitrogen and oxygen atoms in total. The van der Waals surface area contributed by atoms with Crippen LogP contribution in [-0.2, 0) is 29.6 Å². The minimum absolute atomic E-state index is 0.0407. The fraction of sp³-hybridized carbons (Fsp3) is 0.259. The number of alkyl halides is 1. The zero-order chi connectivity index (χ0) is 26.6. The molecule has 0 aromatic heterocycles. The van der Waals surface area contributed by atoms with Crippen LogP contribution in [-0.4, -0.2) is 44.0 Å². The van der Waals surface area contributed by atoms with Crippen molar-refractivity contribution in [1.29, 1.82) is 0 Å². The van der Waals surface area contributed by atoms with E-state index in [1.54, 1.807) is 24.3 Å². The first kappa shape index (κ1) is 27.1. The van der Waals surface area contributed by atoms with Crippen molar-refractivity contribution in [3.8, 4) is 11.1 Å². The predicted octanol–water partition coefficient (Wildman–Crippen LogP) is 6.10. The molecule has 0 spiro atoms. The van der Waals surface area contributed by atoms with Crippen LogP contribution in [0.15, 0.2) is 72.8 Å². The number of aliphatic carboxylic acids is 1. The van der Waals surface area contributed by atoms with Crippen LogP contribution in [0.2, 0.25) is 0 Å². The number of alkyl carbamates (subject to hydrolysis) is 1. The summed E-state index contributed by atoms with van der Waals surface area (Å²) in [5.74, 6) is -1.31. The highest BCUT2D eigenvalue weighted by atomic mass is 79.9. The van der Waals surface area contributed by atoms with Crippen molar-refractivity contribution in [2.75, 3.05) is 20.8 Å². The van der Waals surface area contributed by atoms with Gasteiger partial charge in [0, 0.05) is 26.6 Å². The maximum atomic E-state index is 12.6. The van der Waals surface area contributed by atoms with Crippen LogP contribution in [0.3, 0.4) is 0 Å². The van der Waals surface area contributed by atoms with Crippen molar-refractivity contribution in [1.82, 2.24) is 5.32 Å². The number of rotatable bonds is 10. The molecule has 4 rings (SSSR count). The first-order chi connectivity index (χ1) is 17.8. The summed E-state index contributed by atoms with van der Waals surface area (Å²) in [4.78, 5) is 24.5. The summed E-state index contributed by atoms with van der Waals surface area (Å²) in [6.07, 6.45) is -0.758. The molecule has 1 unspecified atom stereocenters. The van der Waals surface area contributed by atoms with Gasteiger partial charge in [0.15, 0.2) is 0 Å². The van der Waals surface area contributed by atoms with Crippen molar-refractivity contribution in [2.45, 2.75) is 22.9 Å². The number of ether oxygens (including phenoxy) is 1. The normalized spacial score (nSPS) is 14.4. The minimum atomic E-state index is -3.38. The van der Waals surface area contributed by atoms with Gasteiger partial charge in [-0.05, 0) is 33.4 Å². The van der Waals surface area contributed by atoms with Gasteiger partial charge in [-0.3, -0.25) is 4.57 Å². The standard InChI is InChI=1S/C27H27BrNO7P/c1-34-37(33,35-2)25(28)18-13-11-17(12-14-18)15-24(26(30)31)29-27(32)36-16-23-21-9-5-3-7-19(21)20-8-4-6-10-22(20)23/h3-14,23-25H,15-16H2,1-2H3,(H,29,32)(H,30,31)/t24-,25?/m0/s1. The lowest BCUT2D eigenvalue weighted by Crippen LogP contribution is -2.42. The molecular formula is C27H27BrNO7P. The third kappa shape index (κ3) is 5.80. The van der Waals surface area contributed by atoms with E-state index in [9.17, 15) is 19.3 Å². The van der Waals surface area contributed by atoms with Gasteiger partial charge in [-0.15, -0.1) is 0 Å². The summed E-state index contributed by atoms with van der Waals surface area (Å²) in [6, 6.07) is 21.6. The molecule has 37 heavy (non-hydrogen) atoms. The van der Waals surface area contributed by atoms with E-state index in [1.807, 2.05) is 48.5 Å². The Kier molecular flexibility index (Phi) is 8.49. The summed E-state index contributed by atoms with van der Waals surface area (Å²) < 4.78 is 27.4. The molecule has 0 saturated carbocycles. The monoisotopic (exact) mass is 587 g/mol. The van der Waals surface area contributed by atoms with Crippen LogP contribution < -0.4 is 5.32 Å². The second-order valence-corrected chi connectivity index (χ2v) is 12.5. The molecular weight excluding hydrogens is 561 g/mol. The third-order valence-corrected chi connectivity index (χ3v) is 10.3. The molecule has 0 radical (unpaired) electrons. The molecule has 2 N–H and O–H groups in total. The van der Waals surface area contributed by atoms with Crippen LogP contribution in [0.4, 0.5) is 4.79 Å². The SMILES string of the molecule is COP(=O)(OC)C(Br)c1ccc(C[C@H](NC(=O)OCC2c3ccccc3-c3ccccc32)C(=O)O)cc1. The zero-order valence-corrected chi connectivity index (χ0v) is 22.8. The summed E-state index contributed by atoms with van der Waals surface area (Å²) in [5.41, 5.74) is 5.67. The van der Waals surface area contributed by atoms with E-state index in [1.165, 1.54) is 14.2 Å². The molecule has 3 aromatic rings. The van der Waals surface area contributed by atoms with E-state index >= 15 is 0 Å². The lowest BCUT2D eigenvalue weighted by Gasteiger charge is -2.20. The van der Waals surface area contributed by atoms with Crippen molar-refractivity contribution in [3.05, 3.63) is 95.1 Å². The Hall–Kier alpha value is -2.97. The number of fused-ring (bicyclic) bond motifs is 3. The third-order valence-electron chi connectivity index (χ3n) is 6.42. The Labute approximate surface area is 223 Å². The van der Waals surface area contributed by atoms with Crippen LogP contribution >= 0.6 is 23.5 Å². The largest absolute Gasteiger partial charge is 0.480 e. The molecule has 1 aliphatic carbocycles. The smallest absolute Gasteiger partial charge is 0.407 e. The Balaban J connectivity index is 1.39. The minimum Gasteiger partial charge on any atom is -0.480 e. The summed E-state index contributed by atoms with van der Waals surface area (Å²) >= 11 is 3.34. The van der Waals surface area contributed by atoms with Gasteiger partial charge in [-0.2, -0.15) is 0 Å². The number of carbonyl (C=O) groups excluding carboxylic acids is 1. The number of nitrogens with one attached hydrogen (secondary N) is 1. The summed E-state index contributed by atoms with van der Waals surface area (Å²) in [5, 5.41) is 12.2. The molecule has 2 atom stereocenters. The second kappa shape index (κ2) is 11.6. The average molecular weight is 588 g/mol. The fourth-order valence-electron chi connectivity index (χ4n) is 4.47. The summed E-state index contributed by atoms with van der Waals surface area (Å²) in [6.45, 7) is 0.0899. The lowest BCUT2D eigenvalue weighted by atomic mass is 9.98. The van der Waals surface area contributed by atoms with Crippen molar-refractivity contribution in [2.24, 2.45) is 0 Å². The van der Waals surface area contributed by atoms with Crippen molar-refractivity contribution in [3.63, 3.8) is 0 Å². The van der Waals surface area contributed by atoms with Gasteiger partial charge in [0.05, 0.1) is 0 Å². The van der Waals surface area contributed by atoms with Crippen LogP contribution in [0.5, 0.6) is 0 Å². The molecule has 1 amide bonds. The van der Waals surface area contributed by atoms with E-state index < -0.39 is 30.3 Å². The average Bonchev–Trinajstić information content (AvgIpc) is 3.24. The van der Waals surface area contributed by atoms with Gasteiger partial charge in [-0.1, -0.05) is 88.7 Å².